The van der Waals surface area contributed by atoms with Crippen LogP contribution >= 0.6 is 0 Å². The van der Waals surface area contributed by atoms with Gasteiger partial charge in [0.05, 0.1) is 10.9 Å². The number of aliphatic hydroxyl groups excluding tert-OH is 1. The van der Waals surface area contributed by atoms with E-state index in [9.17, 15) is 8.42 Å². The summed E-state index contributed by atoms with van der Waals surface area (Å²) in [7, 11) is -3.28. The number of rotatable bonds is 4. The minimum Gasteiger partial charge on any atom is -0.377 e. The number of sulfone groups is 1. The Balaban J connectivity index is 2.87. The van der Waals surface area contributed by atoms with Crippen LogP contribution in [0, 0.1) is 0 Å². The molecule has 0 aromatic carbocycles. The van der Waals surface area contributed by atoms with Crippen LogP contribution in [0.3, 0.4) is 0 Å². The smallest absolute Gasteiger partial charge is 0.177 e. The average Bonchev–Trinajstić information content (AvgIpc) is 2.16. The first-order valence-electron chi connectivity index (χ1n) is 5.06. The molecule has 1 atom stereocenters. The van der Waals surface area contributed by atoms with Crippen molar-refractivity contribution in [2.45, 2.75) is 32.1 Å². The third-order valence-electron chi connectivity index (χ3n) is 2.34. The summed E-state index contributed by atoms with van der Waals surface area (Å²) >= 11 is 0. The van der Waals surface area contributed by atoms with Crippen molar-refractivity contribution in [1.82, 2.24) is 5.32 Å². The van der Waals surface area contributed by atoms with Gasteiger partial charge in [-0.15, -0.1) is 0 Å². The lowest BCUT2D eigenvalue weighted by Gasteiger charge is -2.22. The van der Waals surface area contributed by atoms with Gasteiger partial charge < -0.3 is 15.5 Å². The highest BCUT2D eigenvalue weighted by atomic mass is 32.2. The van der Waals surface area contributed by atoms with Gasteiger partial charge in [0.2, 0.25) is 0 Å². The zero-order valence-electron chi connectivity index (χ0n) is 9.34. The second-order valence-corrected chi connectivity index (χ2v) is 5.87. The van der Waals surface area contributed by atoms with Crippen LogP contribution < -0.4 is 5.32 Å². The second kappa shape index (κ2) is 4.99. The quantitative estimate of drug-likeness (QED) is 0.603. The number of hydrogen-bond donors (Lipinski definition) is 3. The molecule has 16 heavy (non-hydrogen) atoms. The normalized spacial score (nSPS) is 19.1. The van der Waals surface area contributed by atoms with Crippen molar-refractivity contribution in [3.05, 3.63) is 22.8 Å². The van der Waals surface area contributed by atoms with Crippen LogP contribution in [0.25, 0.3) is 0 Å². The van der Waals surface area contributed by atoms with E-state index in [1.807, 2.05) is 0 Å². The van der Waals surface area contributed by atoms with Crippen molar-refractivity contribution >= 4 is 9.84 Å². The largest absolute Gasteiger partial charge is 0.377 e. The van der Waals surface area contributed by atoms with Gasteiger partial charge in [-0.2, -0.15) is 0 Å². The molecular formula is C10H17NO4S. The van der Waals surface area contributed by atoms with Gasteiger partial charge >= 0.3 is 0 Å². The summed E-state index contributed by atoms with van der Waals surface area (Å²) in [6.07, 6.45) is 4.45. The molecule has 0 saturated carbocycles. The van der Waals surface area contributed by atoms with Crippen LogP contribution in [-0.2, 0) is 9.84 Å². The Hall–Kier alpha value is -0.850. The molecule has 0 heterocycles. The molecule has 1 aliphatic carbocycles. The second-order valence-electron chi connectivity index (χ2n) is 3.88. The molecule has 5 nitrogen and oxygen atoms in total. The van der Waals surface area contributed by atoms with Crippen molar-refractivity contribution in [3.63, 3.8) is 0 Å². The number of allylic oxidation sites excluding steroid dienone is 2. The maximum absolute atomic E-state index is 11.5. The van der Waals surface area contributed by atoms with E-state index in [0.29, 0.717) is 12.1 Å². The summed E-state index contributed by atoms with van der Waals surface area (Å²) in [5, 5.41) is 20.7. The molecule has 0 saturated heterocycles. The van der Waals surface area contributed by atoms with Gasteiger partial charge in [-0.05, 0) is 19.8 Å². The first kappa shape index (κ1) is 13.2. The molecule has 0 aliphatic heterocycles. The lowest BCUT2D eigenvalue weighted by Crippen LogP contribution is -2.38. The maximum Gasteiger partial charge on any atom is 0.177 e. The molecule has 0 amide bonds. The molecule has 92 valence electrons. The third kappa shape index (κ3) is 3.33. The predicted molar refractivity (Wildman–Crippen MR) is 61.1 cm³/mol. The lowest BCUT2D eigenvalue weighted by molar-refractivity contribution is -0.0602. The van der Waals surface area contributed by atoms with Crippen LogP contribution in [0.4, 0.5) is 0 Å². The molecule has 1 aliphatic rings. The zero-order chi connectivity index (χ0) is 12.3. The zero-order valence-corrected chi connectivity index (χ0v) is 10.2. The number of hydrogen-bond acceptors (Lipinski definition) is 5. The van der Waals surface area contributed by atoms with Crippen LogP contribution in [0.5, 0.6) is 0 Å². The maximum atomic E-state index is 11.5. The predicted octanol–water partition coefficient (Wildman–Crippen LogP) is -0.119. The first-order valence-corrected chi connectivity index (χ1v) is 6.95. The first-order chi connectivity index (χ1) is 7.32. The van der Waals surface area contributed by atoms with Crippen LogP contribution in [0.2, 0.25) is 0 Å². The van der Waals surface area contributed by atoms with Gasteiger partial charge in [0.1, 0.15) is 0 Å². The summed E-state index contributed by atoms with van der Waals surface area (Å²) in [6, 6.07) is -0.616. The molecule has 0 aromatic rings. The van der Waals surface area contributed by atoms with Gasteiger partial charge in [-0.25, -0.2) is 8.42 Å². The van der Waals surface area contributed by atoms with Gasteiger partial charge in [-0.1, -0.05) is 12.2 Å². The molecule has 0 aromatic heterocycles. The van der Waals surface area contributed by atoms with E-state index in [1.165, 1.54) is 0 Å². The topological polar surface area (TPSA) is 86.6 Å². The van der Waals surface area contributed by atoms with E-state index in [1.54, 1.807) is 19.1 Å². The van der Waals surface area contributed by atoms with Gasteiger partial charge in [-0.3, -0.25) is 0 Å². The summed E-state index contributed by atoms with van der Waals surface area (Å²) in [4.78, 5) is 0.228. The van der Waals surface area contributed by atoms with Crippen molar-refractivity contribution in [2.24, 2.45) is 0 Å². The molecule has 3 N–H and O–H groups in total. The highest BCUT2D eigenvalue weighted by Gasteiger charge is 2.21. The fraction of sp³-hybridized carbons (Fsp3) is 0.600. The van der Waals surface area contributed by atoms with E-state index < -0.39 is 22.2 Å². The number of nitrogens with one attached hydrogen (secondary N) is 1. The molecule has 1 rings (SSSR count). The summed E-state index contributed by atoms with van der Waals surface area (Å²) < 4.78 is 22.9. The van der Waals surface area contributed by atoms with Crippen LogP contribution in [-0.4, -0.2) is 37.2 Å². The Labute approximate surface area is 95.4 Å². The molecular weight excluding hydrogens is 230 g/mol. The Bertz CT molecular complexity index is 409. The third-order valence-corrected chi connectivity index (χ3v) is 3.53. The summed E-state index contributed by atoms with van der Waals surface area (Å²) in [5.41, 5.74) is 0.453. The Morgan fingerprint density at radius 2 is 1.88 bits per heavy atom. The number of aliphatic hydroxyl groups is 2. The minimum atomic E-state index is -3.28. The molecule has 0 spiro atoms. The lowest BCUT2D eigenvalue weighted by atomic mass is 10.1. The highest BCUT2D eigenvalue weighted by Crippen LogP contribution is 2.21. The minimum absolute atomic E-state index is 0.228. The van der Waals surface area contributed by atoms with Gasteiger partial charge in [0.15, 0.2) is 16.1 Å². The summed E-state index contributed by atoms with van der Waals surface area (Å²) in [5.74, 6) is 0. The van der Waals surface area contributed by atoms with Crippen LogP contribution in [0.1, 0.15) is 19.8 Å². The molecule has 6 heteroatoms. The van der Waals surface area contributed by atoms with Crippen molar-refractivity contribution in [1.29, 1.82) is 0 Å². The Kier molecular flexibility index (Phi) is 4.12. The van der Waals surface area contributed by atoms with E-state index >= 15 is 0 Å². The fourth-order valence-corrected chi connectivity index (χ4v) is 2.42. The Morgan fingerprint density at radius 3 is 2.38 bits per heavy atom. The van der Waals surface area contributed by atoms with E-state index in [0.717, 1.165) is 12.7 Å². The molecule has 1 unspecified atom stereocenters. The van der Waals surface area contributed by atoms with Crippen molar-refractivity contribution in [2.75, 3.05) is 6.26 Å². The molecule has 0 fully saturated rings. The van der Waals surface area contributed by atoms with Crippen molar-refractivity contribution in [3.8, 4) is 0 Å². The average molecular weight is 247 g/mol. The van der Waals surface area contributed by atoms with E-state index in [-0.39, 0.29) is 4.91 Å². The molecule has 0 radical (unpaired) electrons. The van der Waals surface area contributed by atoms with Gasteiger partial charge in [0, 0.05) is 12.0 Å². The SMILES string of the molecule is CC(NC1=CCCC=C1S(C)(=O)=O)C(O)O. The molecule has 0 bridgehead atoms. The van der Waals surface area contributed by atoms with E-state index in [2.05, 4.69) is 5.32 Å². The monoisotopic (exact) mass is 247 g/mol. The standard InChI is InChI=1S/C10H17NO4S/c1-7(10(12)13)11-8-5-3-4-6-9(8)16(2,14)15/h5-7,10-13H,3-4H2,1-2H3. The van der Waals surface area contributed by atoms with Crippen molar-refractivity contribution < 1.29 is 18.6 Å². The highest BCUT2D eigenvalue weighted by molar-refractivity contribution is 7.94. The Morgan fingerprint density at radius 1 is 1.31 bits per heavy atom. The summed E-state index contributed by atoms with van der Waals surface area (Å²) in [6.45, 7) is 1.57. The van der Waals surface area contributed by atoms with Crippen LogP contribution in [0.15, 0.2) is 22.8 Å². The van der Waals surface area contributed by atoms with E-state index in [4.69, 9.17) is 10.2 Å². The van der Waals surface area contributed by atoms with Gasteiger partial charge in [0.25, 0.3) is 0 Å². The fourth-order valence-electron chi connectivity index (χ4n) is 1.45.